The number of benzene rings is 1. The van der Waals surface area contributed by atoms with E-state index in [1.54, 1.807) is 28.0 Å². The highest BCUT2D eigenvalue weighted by molar-refractivity contribution is 14.0. The predicted molar refractivity (Wildman–Crippen MR) is 119 cm³/mol. The fourth-order valence-electron chi connectivity index (χ4n) is 2.94. The Morgan fingerprint density at radius 2 is 2.04 bits per heavy atom. The molecule has 0 aliphatic carbocycles. The second kappa shape index (κ2) is 9.81. The Hall–Kier alpha value is -1.23. The van der Waals surface area contributed by atoms with Gasteiger partial charge in [0.25, 0.3) is 0 Å². The van der Waals surface area contributed by atoms with Gasteiger partial charge in [0, 0.05) is 26.7 Å². The second-order valence-corrected chi connectivity index (χ2v) is 9.56. The zero-order valence-corrected chi connectivity index (χ0v) is 19.8. The average molecular weight is 511 g/mol. The smallest absolute Gasteiger partial charge is 0.193 e. The van der Waals surface area contributed by atoms with Gasteiger partial charge in [-0.15, -0.1) is 24.0 Å². The molecule has 0 amide bonds. The summed E-state index contributed by atoms with van der Waals surface area (Å²) in [6, 6.07) is 5.78. The molecular weight excluding hydrogens is 481 g/mol. The van der Waals surface area contributed by atoms with E-state index in [2.05, 4.69) is 10.3 Å². The third kappa shape index (κ3) is 5.63. The molecular formula is C18H30IN3O4S. The number of nitrogens with zero attached hydrogens (tertiary/aromatic N) is 2. The molecule has 0 aromatic heterocycles. The standard InChI is InChI=1S/C18H29N3O4S.HI/c1-6-25-16-11-14(7-8-15(16)24-5)12-20-17(19-4)21-9-10-26(22,23)18(2,3)13-21;/h7-8,11H,6,9-10,12-13H2,1-5H3,(H,19,20);1H. The van der Waals surface area contributed by atoms with Crippen LogP contribution in [0.15, 0.2) is 23.2 Å². The maximum absolute atomic E-state index is 12.2. The summed E-state index contributed by atoms with van der Waals surface area (Å²) in [4.78, 5) is 6.31. The number of guanidine groups is 1. The van der Waals surface area contributed by atoms with Crippen LogP contribution in [0.2, 0.25) is 0 Å². The van der Waals surface area contributed by atoms with E-state index < -0.39 is 14.6 Å². The van der Waals surface area contributed by atoms with E-state index in [1.807, 2.05) is 30.0 Å². The predicted octanol–water partition coefficient (Wildman–Crippen LogP) is 2.30. The van der Waals surface area contributed by atoms with Crippen LogP contribution in [0.3, 0.4) is 0 Å². The molecule has 1 aromatic carbocycles. The molecule has 0 saturated carbocycles. The van der Waals surface area contributed by atoms with Gasteiger partial charge in [-0.3, -0.25) is 4.99 Å². The fourth-order valence-corrected chi connectivity index (χ4v) is 4.30. The molecule has 0 bridgehead atoms. The lowest BCUT2D eigenvalue weighted by Gasteiger charge is -2.39. The maximum atomic E-state index is 12.2. The van der Waals surface area contributed by atoms with Gasteiger partial charge in [-0.2, -0.15) is 0 Å². The third-order valence-electron chi connectivity index (χ3n) is 4.53. The van der Waals surface area contributed by atoms with Crippen molar-refractivity contribution in [3.8, 4) is 11.5 Å². The normalized spacial score (nSPS) is 18.4. The third-order valence-corrected chi connectivity index (χ3v) is 7.07. The summed E-state index contributed by atoms with van der Waals surface area (Å²) in [5.74, 6) is 2.23. The van der Waals surface area contributed by atoms with Crippen LogP contribution in [-0.2, 0) is 16.4 Å². The summed E-state index contributed by atoms with van der Waals surface area (Å²) < 4.78 is 34.5. The van der Waals surface area contributed by atoms with E-state index >= 15 is 0 Å². The molecule has 1 N–H and O–H groups in total. The summed E-state index contributed by atoms with van der Waals surface area (Å²) >= 11 is 0. The molecule has 1 aliphatic rings. The Morgan fingerprint density at radius 1 is 1.33 bits per heavy atom. The summed E-state index contributed by atoms with van der Waals surface area (Å²) in [5, 5.41) is 3.31. The Bertz CT molecular complexity index is 766. The minimum absolute atomic E-state index is 0. The maximum Gasteiger partial charge on any atom is 0.193 e. The van der Waals surface area contributed by atoms with Gasteiger partial charge in [0.05, 0.1) is 24.2 Å². The first-order valence-corrected chi connectivity index (χ1v) is 10.4. The molecule has 1 fully saturated rings. The van der Waals surface area contributed by atoms with Crippen LogP contribution in [0, 0.1) is 0 Å². The lowest BCUT2D eigenvalue weighted by atomic mass is 10.2. The number of hydrogen-bond acceptors (Lipinski definition) is 5. The fraction of sp³-hybridized carbons (Fsp3) is 0.611. The van der Waals surface area contributed by atoms with Gasteiger partial charge in [-0.1, -0.05) is 6.07 Å². The molecule has 1 saturated heterocycles. The number of rotatable bonds is 5. The van der Waals surface area contributed by atoms with Crippen molar-refractivity contribution >= 4 is 39.8 Å². The summed E-state index contributed by atoms with van der Waals surface area (Å²) in [6.07, 6.45) is 0. The first-order valence-electron chi connectivity index (χ1n) is 8.71. The number of aliphatic imine (C=N–C) groups is 1. The molecule has 27 heavy (non-hydrogen) atoms. The molecule has 0 atom stereocenters. The van der Waals surface area contributed by atoms with Crippen LogP contribution >= 0.6 is 24.0 Å². The molecule has 1 aliphatic heterocycles. The quantitative estimate of drug-likeness (QED) is 0.372. The highest BCUT2D eigenvalue weighted by Crippen LogP contribution is 2.28. The summed E-state index contributed by atoms with van der Waals surface area (Å²) in [5.41, 5.74) is 1.03. The molecule has 9 heteroatoms. The lowest BCUT2D eigenvalue weighted by Crippen LogP contribution is -2.57. The molecule has 1 aromatic rings. The van der Waals surface area contributed by atoms with E-state index in [-0.39, 0.29) is 29.7 Å². The van der Waals surface area contributed by atoms with Gasteiger partial charge < -0.3 is 19.7 Å². The van der Waals surface area contributed by atoms with Gasteiger partial charge in [0.15, 0.2) is 27.3 Å². The van der Waals surface area contributed by atoms with E-state index in [0.29, 0.717) is 43.7 Å². The second-order valence-electron chi connectivity index (χ2n) is 6.82. The van der Waals surface area contributed by atoms with Crippen molar-refractivity contribution in [2.45, 2.75) is 32.1 Å². The summed E-state index contributed by atoms with van der Waals surface area (Å²) in [7, 11) is 0.244. The van der Waals surface area contributed by atoms with Gasteiger partial charge in [-0.05, 0) is 38.5 Å². The van der Waals surface area contributed by atoms with E-state index in [1.165, 1.54) is 0 Å². The lowest BCUT2D eigenvalue weighted by molar-refractivity contribution is 0.310. The van der Waals surface area contributed by atoms with Crippen LogP contribution in [0.1, 0.15) is 26.3 Å². The monoisotopic (exact) mass is 511 g/mol. The van der Waals surface area contributed by atoms with Crippen molar-refractivity contribution in [2.24, 2.45) is 4.99 Å². The molecule has 7 nitrogen and oxygen atoms in total. The van der Waals surface area contributed by atoms with Crippen molar-refractivity contribution in [3.63, 3.8) is 0 Å². The first kappa shape index (κ1) is 23.8. The molecule has 0 spiro atoms. The van der Waals surface area contributed by atoms with Crippen LogP contribution in [0.5, 0.6) is 11.5 Å². The molecule has 2 rings (SSSR count). The topological polar surface area (TPSA) is 80.2 Å². The number of ether oxygens (including phenoxy) is 2. The van der Waals surface area contributed by atoms with E-state index in [0.717, 1.165) is 5.56 Å². The summed E-state index contributed by atoms with van der Waals surface area (Å²) in [6.45, 7) is 7.43. The minimum Gasteiger partial charge on any atom is -0.493 e. The van der Waals surface area contributed by atoms with Gasteiger partial charge in [0.1, 0.15) is 0 Å². The van der Waals surface area contributed by atoms with Crippen molar-refractivity contribution < 1.29 is 17.9 Å². The van der Waals surface area contributed by atoms with E-state index in [4.69, 9.17) is 9.47 Å². The van der Waals surface area contributed by atoms with Gasteiger partial charge in [0.2, 0.25) is 0 Å². The zero-order chi connectivity index (χ0) is 19.4. The Labute approximate surface area is 179 Å². The van der Waals surface area contributed by atoms with Crippen LogP contribution < -0.4 is 14.8 Å². The molecule has 1 heterocycles. The first-order chi connectivity index (χ1) is 12.2. The Balaban J connectivity index is 0.00000364. The SMILES string of the molecule is CCOc1cc(CNC(=NC)N2CCS(=O)(=O)C(C)(C)C2)ccc1OC.I. The highest BCUT2D eigenvalue weighted by Gasteiger charge is 2.40. The van der Waals surface area contributed by atoms with Crippen LogP contribution in [0.4, 0.5) is 0 Å². The van der Waals surface area contributed by atoms with Gasteiger partial charge >= 0.3 is 0 Å². The number of sulfone groups is 1. The van der Waals surface area contributed by atoms with Crippen molar-refractivity contribution in [2.75, 3.05) is 39.6 Å². The average Bonchev–Trinajstić information content (AvgIpc) is 2.59. The van der Waals surface area contributed by atoms with Crippen LogP contribution in [-0.4, -0.2) is 63.6 Å². The zero-order valence-electron chi connectivity index (χ0n) is 16.6. The molecule has 0 unspecified atom stereocenters. The van der Waals surface area contributed by atoms with E-state index in [9.17, 15) is 8.42 Å². The van der Waals surface area contributed by atoms with Gasteiger partial charge in [-0.25, -0.2) is 8.42 Å². The number of nitrogens with one attached hydrogen (secondary N) is 1. The Morgan fingerprint density at radius 3 is 2.59 bits per heavy atom. The number of halogens is 1. The van der Waals surface area contributed by atoms with Crippen molar-refractivity contribution in [1.82, 2.24) is 10.2 Å². The van der Waals surface area contributed by atoms with Crippen molar-refractivity contribution in [3.05, 3.63) is 23.8 Å². The largest absolute Gasteiger partial charge is 0.493 e. The minimum atomic E-state index is -3.08. The number of methoxy groups -OCH3 is 1. The number of hydrogen-bond donors (Lipinski definition) is 1. The molecule has 0 radical (unpaired) electrons. The van der Waals surface area contributed by atoms with Crippen molar-refractivity contribution in [1.29, 1.82) is 0 Å². The van der Waals surface area contributed by atoms with Crippen LogP contribution in [0.25, 0.3) is 0 Å². The highest BCUT2D eigenvalue weighted by atomic mass is 127. The Kier molecular flexibility index (Phi) is 8.65. The molecule has 154 valence electrons.